The summed E-state index contributed by atoms with van der Waals surface area (Å²) >= 11 is 5.48. The number of hydrogen-bond acceptors (Lipinski definition) is 3. The van der Waals surface area contributed by atoms with Crippen LogP contribution in [0.3, 0.4) is 0 Å². The normalized spacial score (nSPS) is 9.64. The summed E-state index contributed by atoms with van der Waals surface area (Å²) in [5.74, 6) is 0.246. The summed E-state index contributed by atoms with van der Waals surface area (Å²) in [6.45, 7) is -0.566. The number of ether oxygens (including phenoxy) is 1. The van der Waals surface area contributed by atoms with Crippen LogP contribution in [0.25, 0.3) is 0 Å². The molecule has 0 saturated heterocycles. The quantitative estimate of drug-likeness (QED) is 0.700. The monoisotopic (exact) mass is 176 g/mol. The van der Waals surface area contributed by atoms with E-state index in [2.05, 4.69) is 9.97 Å². The molecule has 0 aliphatic rings. The summed E-state index contributed by atoms with van der Waals surface area (Å²) in [5, 5.41) is 0.237. The molecule has 0 aromatic carbocycles. The van der Waals surface area contributed by atoms with Crippen LogP contribution in [0.1, 0.15) is 0 Å². The van der Waals surface area contributed by atoms with Gasteiger partial charge in [0.2, 0.25) is 5.88 Å². The minimum atomic E-state index is -0.547. The SMILES string of the molecule is FCCOc1cncc(Cl)n1. The fourth-order valence-corrected chi connectivity index (χ4v) is 0.678. The maximum atomic E-state index is 11.6. The molecule has 0 aliphatic carbocycles. The Balaban J connectivity index is 2.56. The third kappa shape index (κ3) is 2.67. The fourth-order valence-electron chi connectivity index (χ4n) is 0.538. The van der Waals surface area contributed by atoms with Crippen LogP contribution in [0.15, 0.2) is 12.4 Å². The molecule has 3 nitrogen and oxygen atoms in total. The smallest absolute Gasteiger partial charge is 0.233 e. The molecular weight excluding hydrogens is 171 g/mol. The molecule has 0 bridgehead atoms. The first-order chi connectivity index (χ1) is 5.33. The van der Waals surface area contributed by atoms with E-state index >= 15 is 0 Å². The average molecular weight is 177 g/mol. The predicted molar refractivity (Wildman–Crippen MR) is 38.5 cm³/mol. The maximum absolute atomic E-state index is 11.6. The molecule has 1 aromatic heterocycles. The summed E-state index contributed by atoms with van der Waals surface area (Å²) in [6.07, 6.45) is 2.76. The number of halogens is 2. The van der Waals surface area contributed by atoms with Crippen LogP contribution < -0.4 is 4.74 Å². The van der Waals surface area contributed by atoms with Crippen molar-refractivity contribution in [2.45, 2.75) is 0 Å². The summed E-state index contributed by atoms with van der Waals surface area (Å²) in [7, 11) is 0. The summed E-state index contributed by atoms with van der Waals surface area (Å²) < 4.78 is 16.4. The van der Waals surface area contributed by atoms with Crippen LogP contribution in [0, 0.1) is 0 Å². The molecule has 5 heteroatoms. The third-order valence-electron chi connectivity index (χ3n) is 0.910. The molecular formula is C6H6ClFN2O. The Morgan fingerprint density at radius 3 is 3.00 bits per heavy atom. The second kappa shape index (κ2) is 4.08. The zero-order valence-electron chi connectivity index (χ0n) is 5.63. The van der Waals surface area contributed by atoms with Crippen LogP contribution in [-0.2, 0) is 0 Å². The Hall–Kier alpha value is -0.900. The van der Waals surface area contributed by atoms with E-state index in [0.29, 0.717) is 0 Å². The Bertz CT molecular complexity index is 234. The molecule has 0 amide bonds. The lowest BCUT2D eigenvalue weighted by molar-refractivity contribution is 0.263. The lowest BCUT2D eigenvalue weighted by atomic mass is 10.7. The first-order valence-electron chi connectivity index (χ1n) is 2.99. The first-order valence-corrected chi connectivity index (χ1v) is 3.37. The second-order valence-corrected chi connectivity index (χ2v) is 2.10. The van der Waals surface area contributed by atoms with Crippen LogP contribution in [0.5, 0.6) is 5.88 Å². The van der Waals surface area contributed by atoms with Gasteiger partial charge in [-0.05, 0) is 0 Å². The molecule has 0 unspecified atom stereocenters. The average Bonchev–Trinajstić information content (AvgIpc) is 2.01. The molecule has 0 radical (unpaired) electrons. The van der Waals surface area contributed by atoms with Crippen molar-refractivity contribution in [2.75, 3.05) is 13.3 Å². The van der Waals surface area contributed by atoms with Crippen LogP contribution in [0.4, 0.5) is 4.39 Å². The second-order valence-electron chi connectivity index (χ2n) is 1.72. The van der Waals surface area contributed by atoms with Gasteiger partial charge in [-0.25, -0.2) is 4.39 Å². The van der Waals surface area contributed by atoms with E-state index in [0.717, 1.165) is 0 Å². The van der Waals surface area contributed by atoms with E-state index in [-0.39, 0.29) is 17.6 Å². The zero-order chi connectivity index (χ0) is 8.10. The van der Waals surface area contributed by atoms with Crippen LogP contribution in [0.2, 0.25) is 5.15 Å². The highest BCUT2D eigenvalue weighted by Crippen LogP contribution is 2.08. The Labute approximate surface area is 68.2 Å². The number of alkyl halides is 1. The minimum absolute atomic E-state index is 0.0188. The minimum Gasteiger partial charge on any atom is -0.474 e. The van der Waals surface area contributed by atoms with Gasteiger partial charge in [0.25, 0.3) is 0 Å². The molecule has 0 fully saturated rings. The molecule has 11 heavy (non-hydrogen) atoms. The number of rotatable bonds is 3. The van der Waals surface area contributed by atoms with Gasteiger partial charge in [-0.15, -0.1) is 0 Å². The van der Waals surface area contributed by atoms with Gasteiger partial charge in [-0.3, -0.25) is 4.98 Å². The lowest BCUT2D eigenvalue weighted by Crippen LogP contribution is -2.00. The van der Waals surface area contributed by atoms with E-state index < -0.39 is 6.67 Å². The molecule has 0 aliphatic heterocycles. The van der Waals surface area contributed by atoms with E-state index in [1.54, 1.807) is 0 Å². The van der Waals surface area contributed by atoms with E-state index in [1.807, 2.05) is 0 Å². The van der Waals surface area contributed by atoms with E-state index in [9.17, 15) is 4.39 Å². The number of aromatic nitrogens is 2. The van der Waals surface area contributed by atoms with Gasteiger partial charge < -0.3 is 4.74 Å². The van der Waals surface area contributed by atoms with Crippen molar-refractivity contribution in [1.82, 2.24) is 9.97 Å². The van der Waals surface area contributed by atoms with Crippen LogP contribution in [-0.4, -0.2) is 23.2 Å². The highest BCUT2D eigenvalue weighted by molar-refractivity contribution is 6.29. The van der Waals surface area contributed by atoms with E-state index in [4.69, 9.17) is 16.3 Å². The van der Waals surface area contributed by atoms with Gasteiger partial charge in [-0.1, -0.05) is 11.6 Å². The van der Waals surface area contributed by atoms with Gasteiger partial charge in [0, 0.05) is 0 Å². The van der Waals surface area contributed by atoms with Crippen molar-refractivity contribution in [3.8, 4) is 5.88 Å². The topological polar surface area (TPSA) is 35.0 Å². The predicted octanol–water partition coefficient (Wildman–Crippen LogP) is 1.48. The van der Waals surface area contributed by atoms with Crippen molar-refractivity contribution >= 4 is 11.6 Å². The van der Waals surface area contributed by atoms with Gasteiger partial charge in [0.05, 0.1) is 12.4 Å². The Kier molecular flexibility index (Phi) is 3.04. The Morgan fingerprint density at radius 1 is 1.55 bits per heavy atom. The molecule has 1 heterocycles. The highest BCUT2D eigenvalue weighted by atomic mass is 35.5. The van der Waals surface area contributed by atoms with Gasteiger partial charge in [0.15, 0.2) is 5.15 Å². The lowest BCUT2D eigenvalue weighted by Gasteiger charge is -2.00. The van der Waals surface area contributed by atoms with Crippen molar-refractivity contribution in [3.63, 3.8) is 0 Å². The molecule has 0 atom stereocenters. The molecule has 0 saturated carbocycles. The number of nitrogens with zero attached hydrogens (tertiary/aromatic N) is 2. The molecule has 1 aromatic rings. The summed E-state index contributed by atoms with van der Waals surface area (Å²) in [5.41, 5.74) is 0. The van der Waals surface area contributed by atoms with Crippen molar-refractivity contribution in [2.24, 2.45) is 0 Å². The fraction of sp³-hybridized carbons (Fsp3) is 0.333. The summed E-state index contributed by atoms with van der Waals surface area (Å²) in [4.78, 5) is 7.42. The van der Waals surface area contributed by atoms with Gasteiger partial charge in [0.1, 0.15) is 13.3 Å². The van der Waals surface area contributed by atoms with Crippen molar-refractivity contribution in [3.05, 3.63) is 17.5 Å². The standard InChI is InChI=1S/C6H6ClFN2O/c7-5-3-9-4-6(10-5)11-2-1-8/h3-4H,1-2H2. The van der Waals surface area contributed by atoms with Crippen molar-refractivity contribution < 1.29 is 9.13 Å². The molecule has 1 rings (SSSR count). The van der Waals surface area contributed by atoms with Gasteiger partial charge in [-0.2, -0.15) is 4.98 Å². The number of hydrogen-bond donors (Lipinski definition) is 0. The molecule has 0 N–H and O–H groups in total. The summed E-state index contributed by atoms with van der Waals surface area (Å²) in [6, 6.07) is 0. The van der Waals surface area contributed by atoms with E-state index in [1.165, 1.54) is 12.4 Å². The van der Waals surface area contributed by atoms with Crippen molar-refractivity contribution in [1.29, 1.82) is 0 Å². The third-order valence-corrected chi connectivity index (χ3v) is 1.09. The Morgan fingerprint density at radius 2 is 2.36 bits per heavy atom. The largest absolute Gasteiger partial charge is 0.474 e. The maximum Gasteiger partial charge on any atom is 0.233 e. The molecule has 60 valence electrons. The zero-order valence-corrected chi connectivity index (χ0v) is 6.38. The first kappa shape index (κ1) is 8.20. The molecule has 0 spiro atoms. The van der Waals surface area contributed by atoms with Gasteiger partial charge >= 0.3 is 0 Å². The van der Waals surface area contributed by atoms with Crippen LogP contribution >= 0.6 is 11.6 Å². The highest BCUT2D eigenvalue weighted by Gasteiger charge is 1.95.